The van der Waals surface area contributed by atoms with Gasteiger partial charge in [0.05, 0.1) is 0 Å². The third-order valence-corrected chi connectivity index (χ3v) is 2.32. The molecule has 0 atom stereocenters. The molecule has 5 heteroatoms. The second-order valence-electron chi connectivity index (χ2n) is 3.26. The number of piperazine rings is 1. The lowest BCUT2D eigenvalue weighted by Gasteiger charge is -2.28. The second kappa shape index (κ2) is 4.26. The fourth-order valence-electron chi connectivity index (χ4n) is 1.57. The maximum absolute atomic E-state index is 5.30. The highest BCUT2D eigenvalue weighted by Crippen LogP contribution is 2.13. The van der Waals surface area contributed by atoms with E-state index >= 15 is 0 Å². The number of hydrazine groups is 1. The van der Waals surface area contributed by atoms with Crippen molar-refractivity contribution in [3.05, 3.63) is 18.2 Å². The van der Waals surface area contributed by atoms with Crippen molar-refractivity contribution in [1.82, 2.24) is 10.3 Å². The van der Waals surface area contributed by atoms with Crippen molar-refractivity contribution in [3.63, 3.8) is 0 Å². The predicted molar refractivity (Wildman–Crippen MR) is 57.1 cm³/mol. The lowest BCUT2D eigenvalue weighted by Crippen LogP contribution is -2.43. The maximum atomic E-state index is 5.30. The Kier molecular flexibility index (Phi) is 2.81. The van der Waals surface area contributed by atoms with Crippen LogP contribution in [0.5, 0.6) is 0 Å². The molecule has 0 bridgehead atoms. The zero-order chi connectivity index (χ0) is 9.80. The number of nitrogens with one attached hydrogen (secondary N) is 2. The molecule has 0 aliphatic carbocycles. The lowest BCUT2D eigenvalue weighted by atomic mass is 10.3. The monoisotopic (exact) mass is 193 g/mol. The molecule has 1 aromatic rings. The summed E-state index contributed by atoms with van der Waals surface area (Å²) < 4.78 is 0. The number of nitrogens with two attached hydrogens (primary N) is 1. The molecule has 0 radical (unpaired) electrons. The molecule has 1 fully saturated rings. The van der Waals surface area contributed by atoms with E-state index in [1.807, 2.05) is 18.2 Å². The summed E-state index contributed by atoms with van der Waals surface area (Å²) in [5.74, 6) is 7.00. The first-order valence-electron chi connectivity index (χ1n) is 4.79. The van der Waals surface area contributed by atoms with Crippen molar-refractivity contribution in [1.29, 1.82) is 0 Å². The van der Waals surface area contributed by atoms with Gasteiger partial charge in [0.1, 0.15) is 11.6 Å². The Bertz CT molecular complexity index is 295. The van der Waals surface area contributed by atoms with E-state index in [-0.39, 0.29) is 0 Å². The summed E-state index contributed by atoms with van der Waals surface area (Å²) in [7, 11) is 0. The molecule has 0 amide bonds. The van der Waals surface area contributed by atoms with Crippen LogP contribution in [0.25, 0.3) is 0 Å². The van der Waals surface area contributed by atoms with E-state index in [2.05, 4.69) is 20.6 Å². The molecule has 2 heterocycles. The van der Waals surface area contributed by atoms with Crippen LogP contribution in [0.1, 0.15) is 0 Å². The van der Waals surface area contributed by atoms with Gasteiger partial charge in [0, 0.05) is 26.2 Å². The van der Waals surface area contributed by atoms with Gasteiger partial charge in [0.25, 0.3) is 0 Å². The van der Waals surface area contributed by atoms with Gasteiger partial charge in [0.15, 0.2) is 0 Å². The molecule has 1 aliphatic heterocycles. The standard InChI is InChI=1S/C9H15N5/c10-13-8-2-1-3-9(12-8)14-6-4-11-5-7-14/h1-3,11H,4-7,10H2,(H,12,13). The lowest BCUT2D eigenvalue weighted by molar-refractivity contribution is 0.585. The number of rotatable bonds is 2. The highest BCUT2D eigenvalue weighted by Gasteiger charge is 2.11. The second-order valence-corrected chi connectivity index (χ2v) is 3.26. The molecule has 1 aliphatic rings. The van der Waals surface area contributed by atoms with Crippen LogP contribution >= 0.6 is 0 Å². The van der Waals surface area contributed by atoms with Gasteiger partial charge in [0.2, 0.25) is 0 Å². The van der Waals surface area contributed by atoms with Gasteiger partial charge >= 0.3 is 0 Å². The molecule has 1 saturated heterocycles. The Hall–Kier alpha value is -1.33. The van der Waals surface area contributed by atoms with Crippen molar-refractivity contribution < 1.29 is 0 Å². The third kappa shape index (κ3) is 1.94. The molecule has 0 aromatic carbocycles. The topological polar surface area (TPSA) is 66.2 Å². The summed E-state index contributed by atoms with van der Waals surface area (Å²) in [6, 6.07) is 5.82. The summed E-state index contributed by atoms with van der Waals surface area (Å²) in [6.45, 7) is 4.03. The Morgan fingerprint density at radius 3 is 2.86 bits per heavy atom. The Balaban J connectivity index is 2.13. The minimum absolute atomic E-state index is 0.709. The van der Waals surface area contributed by atoms with Crippen LogP contribution in [0.15, 0.2) is 18.2 Å². The SMILES string of the molecule is NNc1cccc(N2CCNCC2)n1. The van der Waals surface area contributed by atoms with Crippen LogP contribution in [0.3, 0.4) is 0 Å². The fourth-order valence-corrected chi connectivity index (χ4v) is 1.57. The average Bonchev–Trinajstić information content (AvgIpc) is 2.30. The van der Waals surface area contributed by atoms with Crippen molar-refractivity contribution in [2.24, 2.45) is 5.84 Å². The van der Waals surface area contributed by atoms with E-state index in [1.165, 1.54) is 0 Å². The van der Waals surface area contributed by atoms with E-state index < -0.39 is 0 Å². The van der Waals surface area contributed by atoms with Crippen LogP contribution < -0.4 is 21.5 Å². The number of hydrogen-bond donors (Lipinski definition) is 3. The van der Waals surface area contributed by atoms with E-state index in [0.29, 0.717) is 5.82 Å². The molecule has 5 nitrogen and oxygen atoms in total. The average molecular weight is 193 g/mol. The first-order chi connectivity index (χ1) is 6.90. The predicted octanol–water partition coefficient (Wildman–Crippen LogP) is -0.223. The van der Waals surface area contributed by atoms with Gasteiger partial charge in [-0.1, -0.05) is 6.07 Å². The van der Waals surface area contributed by atoms with E-state index in [4.69, 9.17) is 5.84 Å². The number of nitrogens with zero attached hydrogens (tertiary/aromatic N) is 2. The van der Waals surface area contributed by atoms with Crippen LogP contribution in [0.4, 0.5) is 11.6 Å². The largest absolute Gasteiger partial charge is 0.354 e. The summed E-state index contributed by atoms with van der Waals surface area (Å²) in [5, 5.41) is 3.30. The smallest absolute Gasteiger partial charge is 0.142 e. The molecule has 2 rings (SSSR count). The number of aromatic nitrogens is 1. The van der Waals surface area contributed by atoms with Gasteiger partial charge < -0.3 is 15.6 Å². The van der Waals surface area contributed by atoms with E-state index in [1.54, 1.807) is 0 Å². The zero-order valence-electron chi connectivity index (χ0n) is 8.03. The van der Waals surface area contributed by atoms with Gasteiger partial charge in [-0.05, 0) is 12.1 Å². The maximum Gasteiger partial charge on any atom is 0.142 e. The van der Waals surface area contributed by atoms with Gasteiger partial charge in [-0.25, -0.2) is 10.8 Å². The molecule has 1 aromatic heterocycles. The van der Waals surface area contributed by atoms with Crippen molar-refractivity contribution >= 4 is 11.6 Å². The minimum atomic E-state index is 0.709. The van der Waals surface area contributed by atoms with Gasteiger partial charge in [-0.2, -0.15) is 0 Å². The highest BCUT2D eigenvalue weighted by atomic mass is 15.3. The molecule has 0 spiro atoms. The molecule has 0 saturated carbocycles. The molecular weight excluding hydrogens is 178 g/mol. The normalized spacial score (nSPS) is 16.8. The quantitative estimate of drug-likeness (QED) is 0.447. The summed E-state index contributed by atoms with van der Waals surface area (Å²) in [5.41, 5.74) is 2.55. The third-order valence-electron chi connectivity index (χ3n) is 2.32. The van der Waals surface area contributed by atoms with Crippen molar-refractivity contribution in [2.45, 2.75) is 0 Å². The fraction of sp³-hybridized carbons (Fsp3) is 0.444. The summed E-state index contributed by atoms with van der Waals surface area (Å²) in [4.78, 5) is 6.62. The molecule has 76 valence electrons. The Labute approximate surface area is 83.3 Å². The number of pyridine rings is 1. The van der Waals surface area contributed by atoms with Gasteiger partial charge in [-0.15, -0.1) is 0 Å². The highest BCUT2D eigenvalue weighted by molar-refractivity contribution is 5.46. The van der Waals surface area contributed by atoms with Crippen LogP contribution in [-0.4, -0.2) is 31.2 Å². The first kappa shape index (κ1) is 9.23. The number of anilines is 2. The Morgan fingerprint density at radius 2 is 2.14 bits per heavy atom. The molecule has 0 unspecified atom stereocenters. The zero-order valence-corrected chi connectivity index (χ0v) is 8.03. The summed E-state index contributed by atoms with van der Waals surface area (Å²) >= 11 is 0. The Morgan fingerprint density at radius 1 is 1.36 bits per heavy atom. The van der Waals surface area contributed by atoms with Crippen LogP contribution in [-0.2, 0) is 0 Å². The van der Waals surface area contributed by atoms with Crippen LogP contribution in [0, 0.1) is 0 Å². The minimum Gasteiger partial charge on any atom is -0.354 e. The van der Waals surface area contributed by atoms with Crippen molar-refractivity contribution in [3.8, 4) is 0 Å². The van der Waals surface area contributed by atoms with E-state index in [0.717, 1.165) is 32.0 Å². The number of nitrogen functional groups attached to an aromatic ring is 1. The molecular formula is C9H15N5. The number of hydrogen-bond acceptors (Lipinski definition) is 5. The first-order valence-corrected chi connectivity index (χ1v) is 4.79. The van der Waals surface area contributed by atoms with Crippen LogP contribution in [0.2, 0.25) is 0 Å². The summed E-state index contributed by atoms with van der Waals surface area (Å²) in [6.07, 6.45) is 0. The molecule has 14 heavy (non-hydrogen) atoms. The van der Waals surface area contributed by atoms with E-state index in [9.17, 15) is 0 Å². The van der Waals surface area contributed by atoms with Crippen molar-refractivity contribution in [2.75, 3.05) is 36.5 Å². The molecule has 4 N–H and O–H groups in total. The van der Waals surface area contributed by atoms with Gasteiger partial charge in [-0.3, -0.25) is 0 Å².